The molecule has 2 aliphatic heterocycles. The summed E-state index contributed by atoms with van der Waals surface area (Å²) in [5, 5.41) is 11.5. The van der Waals surface area contributed by atoms with E-state index in [0.717, 1.165) is 30.0 Å². The minimum atomic E-state index is -1.29. The molecule has 3 rings (SSSR count). The predicted molar refractivity (Wildman–Crippen MR) is 88.1 cm³/mol. The molecule has 2 aliphatic rings. The van der Waals surface area contributed by atoms with Crippen LogP contribution in [0.5, 0.6) is 0 Å². The number of carbonyl (C=O) groups excluding carboxylic acids is 1. The number of piperidine rings is 1. The highest BCUT2D eigenvalue weighted by molar-refractivity contribution is 7.15. The number of nitrogen functional groups attached to an aromatic ring is 1. The molecular weight excluding hydrogens is 316 g/mol. The lowest BCUT2D eigenvalue weighted by Gasteiger charge is -2.41. The Balaban J connectivity index is 1.65. The fourth-order valence-corrected chi connectivity index (χ4v) is 4.32. The number of aliphatic hydroxyl groups is 1. The minimum Gasteiger partial charge on any atom is -0.383 e. The second-order valence-electron chi connectivity index (χ2n) is 6.30. The van der Waals surface area contributed by atoms with Gasteiger partial charge in [-0.05, 0) is 12.8 Å². The number of carbonyl (C=O) groups is 1. The van der Waals surface area contributed by atoms with Crippen molar-refractivity contribution in [1.82, 2.24) is 14.8 Å². The van der Waals surface area contributed by atoms with Crippen molar-refractivity contribution in [3.8, 4) is 0 Å². The van der Waals surface area contributed by atoms with Crippen molar-refractivity contribution in [2.24, 2.45) is 0 Å². The van der Waals surface area contributed by atoms with Crippen molar-refractivity contribution in [3.05, 3.63) is 10.6 Å². The van der Waals surface area contributed by atoms with E-state index >= 15 is 0 Å². The topological polar surface area (TPSA) is 91.9 Å². The monoisotopic (exact) mass is 340 g/mol. The van der Waals surface area contributed by atoms with E-state index in [-0.39, 0.29) is 5.91 Å². The zero-order chi connectivity index (χ0) is 16.4. The summed E-state index contributed by atoms with van der Waals surface area (Å²) in [6.07, 6.45) is 2.16. The number of thiazole rings is 1. The summed E-state index contributed by atoms with van der Waals surface area (Å²) in [7, 11) is 1.62. The summed E-state index contributed by atoms with van der Waals surface area (Å²) in [6.45, 7) is 3.59. The third-order valence-corrected chi connectivity index (χ3v) is 5.49. The first-order valence-electron chi connectivity index (χ1n) is 7.99. The molecule has 3 N–H and O–H groups in total. The molecule has 3 heterocycles. The molecule has 128 valence electrons. The maximum atomic E-state index is 12.6. The fraction of sp³-hybridized carbons (Fsp3) is 0.733. The molecule has 0 radical (unpaired) electrons. The van der Waals surface area contributed by atoms with E-state index < -0.39 is 5.60 Å². The third-order valence-electron chi connectivity index (χ3n) is 4.58. The van der Waals surface area contributed by atoms with E-state index in [2.05, 4.69) is 9.88 Å². The average Bonchev–Trinajstić information content (AvgIpc) is 2.88. The standard InChI is InChI=1S/C15H24N4O3S/c1-22-8-7-19-5-2-4-15(21,13(19)20)10-18-6-3-11-12(9-18)23-14(16)17-11/h21H,2-10H2,1H3,(H2,16,17)/t15-/m1/s1. The van der Waals surface area contributed by atoms with E-state index in [0.29, 0.717) is 44.3 Å². The zero-order valence-corrected chi connectivity index (χ0v) is 14.3. The van der Waals surface area contributed by atoms with Gasteiger partial charge in [0, 0.05) is 51.1 Å². The first-order chi connectivity index (χ1) is 11.0. The molecule has 1 aromatic rings. The Bertz CT molecular complexity index is 579. The summed E-state index contributed by atoms with van der Waals surface area (Å²) < 4.78 is 5.05. The molecular formula is C15H24N4O3S. The molecule has 0 aromatic carbocycles. The van der Waals surface area contributed by atoms with Crippen LogP contribution >= 0.6 is 11.3 Å². The normalized spacial score (nSPS) is 25.7. The number of hydrogen-bond donors (Lipinski definition) is 2. The molecule has 1 amide bonds. The van der Waals surface area contributed by atoms with Gasteiger partial charge < -0.3 is 20.5 Å². The second-order valence-corrected chi connectivity index (χ2v) is 7.42. The lowest BCUT2D eigenvalue weighted by Crippen LogP contribution is -2.59. The van der Waals surface area contributed by atoms with Gasteiger partial charge in [-0.25, -0.2) is 4.98 Å². The van der Waals surface area contributed by atoms with Gasteiger partial charge in [0.25, 0.3) is 5.91 Å². The molecule has 0 aliphatic carbocycles. The van der Waals surface area contributed by atoms with Gasteiger partial charge in [0.05, 0.1) is 12.3 Å². The summed E-state index contributed by atoms with van der Waals surface area (Å²) >= 11 is 1.50. The first kappa shape index (κ1) is 16.6. The van der Waals surface area contributed by atoms with Crippen molar-refractivity contribution in [3.63, 3.8) is 0 Å². The van der Waals surface area contributed by atoms with Crippen LogP contribution < -0.4 is 5.73 Å². The Morgan fingerprint density at radius 2 is 2.30 bits per heavy atom. The van der Waals surface area contributed by atoms with E-state index in [1.54, 1.807) is 12.0 Å². The average molecular weight is 340 g/mol. The number of anilines is 1. The van der Waals surface area contributed by atoms with Crippen LogP contribution in [0, 0.1) is 0 Å². The first-order valence-corrected chi connectivity index (χ1v) is 8.80. The molecule has 0 unspecified atom stereocenters. The van der Waals surface area contributed by atoms with Crippen LogP contribution in [-0.4, -0.2) is 71.3 Å². The predicted octanol–water partition coefficient (Wildman–Crippen LogP) is 0.0833. The van der Waals surface area contributed by atoms with Gasteiger partial charge in [-0.1, -0.05) is 0 Å². The van der Waals surface area contributed by atoms with Gasteiger partial charge in [-0.3, -0.25) is 9.69 Å². The third kappa shape index (κ3) is 3.50. The van der Waals surface area contributed by atoms with Crippen LogP contribution in [0.15, 0.2) is 0 Å². The van der Waals surface area contributed by atoms with Gasteiger partial charge in [-0.15, -0.1) is 11.3 Å². The highest BCUT2D eigenvalue weighted by Gasteiger charge is 2.43. The van der Waals surface area contributed by atoms with Crippen molar-refractivity contribution < 1.29 is 14.6 Å². The highest BCUT2D eigenvalue weighted by Crippen LogP contribution is 2.29. The number of likely N-dealkylation sites (tertiary alicyclic amines) is 1. The van der Waals surface area contributed by atoms with Crippen molar-refractivity contribution >= 4 is 22.4 Å². The van der Waals surface area contributed by atoms with Crippen LogP contribution in [-0.2, 0) is 22.5 Å². The van der Waals surface area contributed by atoms with Gasteiger partial charge in [-0.2, -0.15) is 0 Å². The molecule has 1 fully saturated rings. The Morgan fingerprint density at radius 3 is 3.09 bits per heavy atom. The van der Waals surface area contributed by atoms with Gasteiger partial charge in [0.15, 0.2) is 10.7 Å². The molecule has 23 heavy (non-hydrogen) atoms. The fourth-order valence-electron chi connectivity index (χ4n) is 3.40. The lowest BCUT2D eigenvalue weighted by atomic mass is 9.90. The number of nitrogens with two attached hydrogens (primary N) is 1. The number of fused-ring (bicyclic) bond motifs is 1. The van der Waals surface area contributed by atoms with Crippen LogP contribution in [0.25, 0.3) is 0 Å². The van der Waals surface area contributed by atoms with Crippen molar-refractivity contribution in [1.29, 1.82) is 0 Å². The van der Waals surface area contributed by atoms with E-state index in [1.807, 2.05) is 0 Å². The quantitative estimate of drug-likeness (QED) is 0.789. The van der Waals surface area contributed by atoms with E-state index in [4.69, 9.17) is 10.5 Å². The van der Waals surface area contributed by atoms with E-state index in [9.17, 15) is 9.90 Å². The molecule has 1 atom stereocenters. The Kier molecular flexibility index (Phi) is 4.86. The van der Waals surface area contributed by atoms with Crippen LogP contribution in [0.4, 0.5) is 5.13 Å². The van der Waals surface area contributed by atoms with E-state index in [1.165, 1.54) is 11.3 Å². The number of hydrogen-bond acceptors (Lipinski definition) is 7. The Morgan fingerprint density at radius 1 is 1.48 bits per heavy atom. The number of β-amino-alcohol motifs (C(OH)–C–C–N with tert-alkyl or cyclic N) is 1. The largest absolute Gasteiger partial charge is 0.383 e. The molecule has 1 aromatic heterocycles. The molecule has 0 bridgehead atoms. The SMILES string of the molecule is COCCN1CCC[C@@](O)(CN2CCc3nc(N)sc3C2)C1=O. The lowest BCUT2D eigenvalue weighted by molar-refractivity contribution is -0.160. The Labute approximate surface area is 140 Å². The summed E-state index contributed by atoms with van der Waals surface area (Å²) in [6, 6.07) is 0. The molecule has 1 saturated heterocycles. The maximum Gasteiger partial charge on any atom is 0.255 e. The molecule has 0 saturated carbocycles. The highest BCUT2D eigenvalue weighted by atomic mass is 32.1. The Hall–Kier alpha value is -1.22. The number of aromatic nitrogens is 1. The molecule has 0 spiro atoms. The maximum absolute atomic E-state index is 12.6. The number of methoxy groups -OCH3 is 1. The van der Waals surface area contributed by atoms with Crippen molar-refractivity contribution in [2.75, 3.05) is 45.6 Å². The minimum absolute atomic E-state index is 0.171. The molecule has 8 heteroatoms. The van der Waals surface area contributed by atoms with Gasteiger partial charge in [0.1, 0.15) is 0 Å². The van der Waals surface area contributed by atoms with Crippen LogP contribution in [0.3, 0.4) is 0 Å². The number of amides is 1. The summed E-state index contributed by atoms with van der Waals surface area (Å²) in [5.41, 5.74) is 5.54. The van der Waals surface area contributed by atoms with Crippen molar-refractivity contribution in [2.45, 2.75) is 31.4 Å². The number of nitrogens with zero attached hydrogens (tertiary/aromatic N) is 3. The number of rotatable bonds is 5. The summed E-state index contributed by atoms with van der Waals surface area (Å²) in [5.74, 6) is -0.171. The summed E-state index contributed by atoms with van der Waals surface area (Å²) in [4.78, 5) is 22.0. The number of ether oxygens (including phenoxy) is 1. The second kappa shape index (κ2) is 6.72. The van der Waals surface area contributed by atoms with Gasteiger partial charge >= 0.3 is 0 Å². The molecule has 7 nitrogen and oxygen atoms in total. The van der Waals surface area contributed by atoms with Crippen LogP contribution in [0.1, 0.15) is 23.4 Å². The zero-order valence-electron chi connectivity index (χ0n) is 13.5. The van der Waals surface area contributed by atoms with Gasteiger partial charge in [0.2, 0.25) is 0 Å². The smallest absolute Gasteiger partial charge is 0.255 e. The van der Waals surface area contributed by atoms with Crippen LogP contribution in [0.2, 0.25) is 0 Å².